The molecule has 0 fully saturated rings. The monoisotopic (exact) mass is 606 g/mol. The van der Waals surface area contributed by atoms with Crippen molar-refractivity contribution in [3.05, 3.63) is 139 Å². The zero-order valence-electron chi connectivity index (χ0n) is 26.5. The third-order valence-corrected chi connectivity index (χ3v) is 9.43. The topological polar surface area (TPSA) is 44.2 Å². The van der Waals surface area contributed by atoms with Gasteiger partial charge in [-0.15, -0.1) is 0 Å². The molecule has 0 amide bonds. The number of hydrogen-bond donors (Lipinski definition) is 0. The van der Waals surface area contributed by atoms with Crippen molar-refractivity contribution < 1.29 is 9.47 Å². The maximum Gasteiger partial charge on any atom is 0.260 e. The summed E-state index contributed by atoms with van der Waals surface area (Å²) in [5.41, 5.74) is 10.6. The predicted octanol–water partition coefficient (Wildman–Crippen LogP) is 8.66. The molecule has 0 bridgehead atoms. The molecule has 2 aromatic heterocycles. The van der Waals surface area contributed by atoms with Crippen LogP contribution in [-0.4, -0.2) is 16.7 Å². The third kappa shape index (κ3) is 4.69. The first kappa shape index (κ1) is 27.6. The summed E-state index contributed by atoms with van der Waals surface area (Å²) in [7, 11) is 0. The van der Waals surface area contributed by atoms with Gasteiger partial charge in [-0.2, -0.15) is 0 Å². The Morgan fingerprint density at radius 3 is 1.72 bits per heavy atom. The van der Waals surface area contributed by atoms with E-state index < -0.39 is 0 Å². The summed E-state index contributed by atoms with van der Waals surface area (Å²) in [5, 5.41) is 2.29. The average Bonchev–Trinajstić information content (AvgIpc) is 3.11. The molecule has 5 heteroatoms. The molecule has 0 atom stereocenters. The summed E-state index contributed by atoms with van der Waals surface area (Å²) in [5.74, 6) is 3.41. The lowest BCUT2D eigenvalue weighted by atomic mass is 9.34. The highest BCUT2D eigenvalue weighted by Gasteiger charge is 2.41. The largest absolute Gasteiger partial charge is 0.458 e. The average molecular weight is 607 g/mol. The number of benzene rings is 5. The van der Waals surface area contributed by atoms with Crippen molar-refractivity contribution in [3.8, 4) is 56.6 Å². The Hall–Kier alpha value is -5.68. The van der Waals surface area contributed by atoms with Gasteiger partial charge in [0.25, 0.3) is 6.71 Å². The Bertz CT molecular complexity index is 2330. The molecule has 47 heavy (non-hydrogen) atoms. The Labute approximate surface area is 274 Å². The van der Waals surface area contributed by atoms with Gasteiger partial charge in [0.1, 0.15) is 23.0 Å². The molecule has 0 saturated heterocycles. The van der Waals surface area contributed by atoms with Crippen molar-refractivity contribution in [2.24, 2.45) is 0 Å². The van der Waals surface area contributed by atoms with Gasteiger partial charge in [-0.1, -0.05) is 93.6 Å². The second kappa shape index (κ2) is 10.4. The molecule has 224 valence electrons. The molecule has 9 rings (SSSR count). The van der Waals surface area contributed by atoms with E-state index in [0.29, 0.717) is 0 Å². The van der Waals surface area contributed by atoms with Crippen LogP contribution in [0, 0.1) is 0 Å². The fourth-order valence-electron chi connectivity index (χ4n) is 6.86. The van der Waals surface area contributed by atoms with E-state index in [0.717, 1.165) is 78.4 Å². The molecule has 2 aliphatic heterocycles. The summed E-state index contributed by atoms with van der Waals surface area (Å²) in [6.45, 7) is 6.58. The van der Waals surface area contributed by atoms with Crippen LogP contribution in [-0.2, 0) is 5.41 Å². The molecule has 0 aliphatic carbocycles. The zero-order valence-corrected chi connectivity index (χ0v) is 26.5. The van der Waals surface area contributed by atoms with Crippen molar-refractivity contribution in [2.45, 2.75) is 26.2 Å². The second-order valence-corrected chi connectivity index (χ2v) is 13.5. The minimum Gasteiger partial charge on any atom is -0.458 e. The van der Waals surface area contributed by atoms with E-state index >= 15 is 0 Å². The van der Waals surface area contributed by atoms with Crippen LogP contribution in [0.1, 0.15) is 26.3 Å². The van der Waals surface area contributed by atoms with Gasteiger partial charge in [0.15, 0.2) is 0 Å². The van der Waals surface area contributed by atoms with Crippen LogP contribution in [0.5, 0.6) is 23.0 Å². The lowest BCUT2D eigenvalue weighted by Gasteiger charge is -2.35. The number of ether oxygens (including phenoxy) is 2. The van der Waals surface area contributed by atoms with Crippen LogP contribution in [0.3, 0.4) is 0 Å². The van der Waals surface area contributed by atoms with E-state index in [1.54, 1.807) is 0 Å². The Morgan fingerprint density at radius 2 is 1.09 bits per heavy atom. The van der Waals surface area contributed by atoms with Crippen LogP contribution in [0.15, 0.2) is 134 Å². The Balaban J connectivity index is 1.19. The van der Waals surface area contributed by atoms with Gasteiger partial charge in [0.2, 0.25) is 0 Å². The number of aromatic nitrogens is 2. The van der Waals surface area contributed by atoms with E-state index in [9.17, 15) is 0 Å². The van der Waals surface area contributed by atoms with E-state index in [2.05, 4.69) is 130 Å². The van der Waals surface area contributed by atoms with Crippen LogP contribution in [0.4, 0.5) is 0 Å². The lowest BCUT2D eigenvalue weighted by molar-refractivity contribution is 0.458. The fraction of sp³-hybridized carbons (Fsp3) is 0.0952. The van der Waals surface area contributed by atoms with Gasteiger partial charge in [-0.25, -0.2) is 0 Å². The maximum atomic E-state index is 6.69. The molecule has 0 saturated carbocycles. The van der Waals surface area contributed by atoms with Crippen molar-refractivity contribution in [1.82, 2.24) is 9.97 Å². The third-order valence-electron chi connectivity index (χ3n) is 9.43. The number of pyridine rings is 2. The normalized spacial score (nSPS) is 12.9. The Morgan fingerprint density at radius 1 is 0.489 bits per heavy atom. The Kier molecular flexibility index (Phi) is 6.13. The van der Waals surface area contributed by atoms with Gasteiger partial charge >= 0.3 is 0 Å². The van der Waals surface area contributed by atoms with Gasteiger partial charge in [-0.05, 0) is 92.5 Å². The highest BCUT2D eigenvalue weighted by Crippen LogP contribution is 2.39. The van der Waals surface area contributed by atoms with Crippen molar-refractivity contribution in [2.75, 3.05) is 0 Å². The molecule has 5 aromatic carbocycles. The van der Waals surface area contributed by atoms with Crippen molar-refractivity contribution in [3.63, 3.8) is 0 Å². The molecule has 0 spiro atoms. The SMILES string of the molecule is CC(C)(C)c1cc2c3c(c1)Oc1ccc(-c4cc5ccccc5cn4)cc1B3c1cc(-c3ccc(-c4ccccc4)cn3)ccc1O2. The molecule has 4 nitrogen and oxygen atoms in total. The van der Waals surface area contributed by atoms with Gasteiger partial charge in [0.05, 0.1) is 11.4 Å². The quantitative estimate of drug-likeness (QED) is 0.189. The summed E-state index contributed by atoms with van der Waals surface area (Å²) >= 11 is 0. The number of fused-ring (bicyclic) bond motifs is 5. The zero-order chi connectivity index (χ0) is 31.7. The summed E-state index contributed by atoms with van der Waals surface area (Å²) < 4.78 is 13.4. The molecular formula is C42H31BN2O2. The highest BCUT2D eigenvalue weighted by molar-refractivity contribution is 6.98. The minimum absolute atomic E-state index is 0.0681. The van der Waals surface area contributed by atoms with Gasteiger partial charge in [0, 0.05) is 28.8 Å². The van der Waals surface area contributed by atoms with Crippen LogP contribution in [0.2, 0.25) is 0 Å². The summed E-state index contributed by atoms with van der Waals surface area (Å²) in [4.78, 5) is 9.73. The minimum atomic E-state index is -0.0783. The second-order valence-electron chi connectivity index (χ2n) is 13.5. The predicted molar refractivity (Wildman–Crippen MR) is 192 cm³/mol. The fourth-order valence-corrected chi connectivity index (χ4v) is 6.86. The van der Waals surface area contributed by atoms with Crippen LogP contribution < -0.4 is 25.9 Å². The molecule has 0 radical (unpaired) electrons. The number of rotatable bonds is 3. The highest BCUT2D eigenvalue weighted by atomic mass is 16.5. The first-order valence-corrected chi connectivity index (χ1v) is 16.1. The molecule has 2 aliphatic rings. The van der Waals surface area contributed by atoms with E-state index in [-0.39, 0.29) is 12.1 Å². The van der Waals surface area contributed by atoms with Crippen LogP contribution >= 0.6 is 0 Å². The molecule has 4 heterocycles. The first-order chi connectivity index (χ1) is 22.9. The molecular weight excluding hydrogens is 575 g/mol. The summed E-state index contributed by atoms with van der Waals surface area (Å²) in [6.07, 6.45) is 3.91. The maximum absolute atomic E-state index is 6.69. The van der Waals surface area contributed by atoms with Crippen LogP contribution in [0.25, 0.3) is 44.4 Å². The smallest absolute Gasteiger partial charge is 0.260 e. The van der Waals surface area contributed by atoms with E-state index in [1.165, 1.54) is 10.9 Å². The first-order valence-electron chi connectivity index (χ1n) is 16.1. The summed E-state index contributed by atoms with van der Waals surface area (Å²) in [6, 6.07) is 42.4. The van der Waals surface area contributed by atoms with Crippen molar-refractivity contribution >= 4 is 33.9 Å². The molecule has 0 N–H and O–H groups in total. The lowest BCUT2D eigenvalue weighted by Crippen LogP contribution is -2.57. The number of hydrogen-bond acceptors (Lipinski definition) is 4. The van der Waals surface area contributed by atoms with Gasteiger partial charge in [-0.3, -0.25) is 9.97 Å². The van der Waals surface area contributed by atoms with E-state index in [1.807, 2.05) is 24.5 Å². The van der Waals surface area contributed by atoms with E-state index in [4.69, 9.17) is 19.4 Å². The van der Waals surface area contributed by atoms with Gasteiger partial charge < -0.3 is 9.47 Å². The molecule has 7 aromatic rings. The number of nitrogens with zero attached hydrogens (tertiary/aromatic N) is 2. The molecule has 0 unspecified atom stereocenters. The standard InChI is InChI=1S/C42H31BN2O2/c1-42(2,3)32-22-39-41-40(23-32)47-38-18-15-29(36-21-27-11-7-8-12-30(27)24-45-36)20-34(38)43(41)33-19-28(14-17-37(33)46-39)35-16-13-31(25-44-35)26-9-5-4-6-10-26/h4-25H,1-3H3. The van der Waals surface area contributed by atoms with Crippen molar-refractivity contribution in [1.29, 1.82) is 0 Å².